The number of thiophene rings is 1. The van der Waals surface area contributed by atoms with Crippen LogP contribution in [0.25, 0.3) is 10.1 Å². The van der Waals surface area contributed by atoms with Crippen LogP contribution in [0.1, 0.15) is 22.4 Å². The Hall–Kier alpha value is -3.30. The van der Waals surface area contributed by atoms with Crippen molar-refractivity contribution in [2.45, 2.75) is 18.4 Å². The van der Waals surface area contributed by atoms with Gasteiger partial charge in [0, 0.05) is 11.2 Å². The fraction of sp³-hybridized carbons (Fsp3) is 0.174. The van der Waals surface area contributed by atoms with Gasteiger partial charge in [-0.1, -0.05) is 0 Å². The zero-order valence-electron chi connectivity index (χ0n) is 17.6. The average Bonchev–Trinajstić information content (AvgIpc) is 3.47. The van der Waals surface area contributed by atoms with Gasteiger partial charge in [-0.25, -0.2) is 8.42 Å². The van der Waals surface area contributed by atoms with Crippen LogP contribution in [0.2, 0.25) is 0 Å². The van der Waals surface area contributed by atoms with Crippen LogP contribution < -0.4 is 14.4 Å². The van der Waals surface area contributed by atoms with Crippen molar-refractivity contribution in [3.8, 4) is 5.75 Å². The fourth-order valence-electron chi connectivity index (χ4n) is 3.33. The first-order valence-electron chi connectivity index (χ1n) is 9.93. The number of ether oxygens (including phenoxy) is 1. The predicted molar refractivity (Wildman–Crippen MR) is 125 cm³/mol. The summed E-state index contributed by atoms with van der Waals surface area (Å²) in [6.45, 7) is 2.35. The summed E-state index contributed by atoms with van der Waals surface area (Å²) in [5.74, 6) is 1.05. The molecule has 2 heterocycles. The van der Waals surface area contributed by atoms with Gasteiger partial charge in [-0.15, -0.1) is 11.3 Å². The Balaban J connectivity index is 1.59. The highest BCUT2D eigenvalue weighted by molar-refractivity contribution is 7.92. The SMILES string of the molecule is CCN(c1ccc2sc(C(=O)NCc3ccco3)cc2c1)S(=O)(=O)c1ccc(OC)cc1. The lowest BCUT2D eigenvalue weighted by atomic mass is 10.2. The minimum Gasteiger partial charge on any atom is -0.497 e. The van der Waals surface area contributed by atoms with Crippen molar-refractivity contribution in [3.05, 3.63) is 77.6 Å². The molecule has 0 unspecified atom stereocenters. The summed E-state index contributed by atoms with van der Waals surface area (Å²) < 4.78 is 39.0. The molecular weight excluding hydrogens is 448 g/mol. The third kappa shape index (κ3) is 4.35. The highest BCUT2D eigenvalue weighted by atomic mass is 32.2. The van der Waals surface area contributed by atoms with E-state index in [2.05, 4.69) is 5.32 Å². The first-order valence-corrected chi connectivity index (χ1v) is 12.2. The normalized spacial score (nSPS) is 11.4. The number of nitrogens with one attached hydrogen (secondary N) is 1. The molecular formula is C23H22N2O5S2. The summed E-state index contributed by atoms with van der Waals surface area (Å²) in [5, 5.41) is 3.63. The fourth-order valence-corrected chi connectivity index (χ4v) is 5.76. The Kier molecular flexibility index (Phi) is 6.20. The molecule has 4 rings (SSSR count). The average molecular weight is 471 g/mol. The molecule has 1 N–H and O–H groups in total. The van der Waals surface area contributed by atoms with Gasteiger partial charge >= 0.3 is 0 Å². The first kappa shape index (κ1) is 21.9. The van der Waals surface area contributed by atoms with Crippen LogP contribution in [0, 0.1) is 0 Å². The van der Waals surface area contributed by atoms with E-state index in [1.807, 2.05) is 6.07 Å². The van der Waals surface area contributed by atoms with Crippen molar-refractivity contribution in [1.82, 2.24) is 5.32 Å². The molecule has 2 aromatic heterocycles. The Labute approximate surface area is 190 Å². The maximum atomic E-state index is 13.2. The molecule has 0 saturated carbocycles. The summed E-state index contributed by atoms with van der Waals surface area (Å²) in [6, 6.07) is 17.0. The van der Waals surface area contributed by atoms with Crippen LogP contribution >= 0.6 is 11.3 Å². The van der Waals surface area contributed by atoms with Gasteiger partial charge in [0.1, 0.15) is 11.5 Å². The highest BCUT2D eigenvalue weighted by Gasteiger charge is 2.24. The van der Waals surface area contributed by atoms with E-state index in [0.717, 1.165) is 10.1 Å². The quantitative estimate of drug-likeness (QED) is 0.405. The maximum absolute atomic E-state index is 13.2. The third-order valence-electron chi connectivity index (χ3n) is 4.95. The molecule has 32 heavy (non-hydrogen) atoms. The largest absolute Gasteiger partial charge is 0.497 e. The number of carbonyl (C=O) groups excluding carboxylic acids is 1. The first-order chi connectivity index (χ1) is 15.4. The number of amides is 1. The minimum atomic E-state index is -3.75. The summed E-state index contributed by atoms with van der Waals surface area (Å²) >= 11 is 1.35. The number of benzene rings is 2. The van der Waals surface area contributed by atoms with Crippen LogP contribution in [0.15, 0.2) is 76.2 Å². The van der Waals surface area contributed by atoms with Crippen molar-refractivity contribution in [3.63, 3.8) is 0 Å². The van der Waals surface area contributed by atoms with Gasteiger partial charge < -0.3 is 14.5 Å². The zero-order valence-corrected chi connectivity index (χ0v) is 19.2. The number of methoxy groups -OCH3 is 1. The van der Waals surface area contributed by atoms with Gasteiger partial charge in [0.15, 0.2) is 0 Å². The molecule has 0 aliphatic rings. The number of anilines is 1. The molecule has 2 aromatic carbocycles. The van der Waals surface area contributed by atoms with Crippen LogP contribution in [0.4, 0.5) is 5.69 Å². The third-order valence-corrected chi connectivity index (χ3v) is 7.98. The number of nitrogens with zero attached hydrogens (tertiary/aromatic N) is 1. The van der Waals surface area contributed by atoms with Crippen molar-refractivity contribution >= 4 is 43.0 Å². The van der Waals surface area contributed by atoms with Crippen LogP contribution in [-0.2, 0) is 16.6 Å². The number of rotatable bonds is 8. The van der Waals surface area contributed by atoms with Gasteiger partial charge in [-0.2, -0.15) is 0 Å². The zero-order chi connectivity index (χ0) is 22.7. The van der Waals surface area contributed by atoms with E-state index >= 15 is 0 Å². The Morgan fingerprint density at radius 1 is 1.12 bits per heavy atom. The summed E-state index contributed by atoms with van der Waals surface area (Å²) in [7, 11) is -2.22. The smallest absolute Gasteiger partial charge is 0.264 e. The van der Waals surface area contributed by atoms with Gasteiger partial charge in [-0.05, 0) is 73.0 Å². The second kappa shape index (κ2) is 9.05. The van der Waals surface area contributed by atoms with E-state index in [1.54, 1.807) is 55.7 Å². The van der Waals surface area contributed by atoms with Crippen LogP contribution in [0.3, 0.4) is 0 Å². The summed E-state index contributed by atoms with van der Waals surface area (Å²) in [4.78, 5) is 13.3. The van der Waals surface area contributed by atoms with E-state index in [1.165, 1.54) is 34.9 Å². The molecule has 0 atom stereocenters. The predicted octanol–water partition coefficient (Wildman–Crippen LogP) is 4.65. The number of furan rings is 1. The Bertz CT molecular complexity index is 1330. The standard InChI is InChI=1S/C23H22N2O5S2/c1-3-25(32(27,28)20-9-7-18(29-2)8-10-20)17-6-11-21-16(13-17)14-22(31-21)23(26)24-15-19-5-4-12-30-19/h4-14H,3,15H2,1-2H3,(H,24,26). The van der Waals surface area contributed by atoms with Crippen molar-refractivity contribution in [1.29, 1.82) is 0 Å². The molecule has 0 aliphatic heterocycles. The molecule has 166 valence electrons. The lowest BCUT2D eigenvalue weighted by molar-refractivity contribution is 0.0952. The van der Waals surface area contributed by atoms with Crippen molar-refractivity contribution in [2.75, 3.05) is 18.0 Å². The van der Waals surface area contributed by atoms with Gasteiger partial charge in [0.05, 0.1) is 35.4 Å². The minimum absolute atomic E-state index is 0.184. The van der Waals surface area contributed by atoms with Crippen LogP contribution in [-0.4, -0.2) is 28.0 Å². The van der Waals surface area contributed by atoms with Crippen molar-refractivity contribution < 1.29 is 22.4 Å². The molecule has 1 amide bonds. The molecule has 0 aliphatic carbocycles. The molecule has 7 nitrogen and oxygen atoms in total. The molecule has 0 spiro atoms. The van der Waals surface area contributed by atoms with Gasteiger partial charge in [0.2, 0.25) is 0 Å². The Morgan fingerprint density at radius 2 is 1.91 bits per heavy atom. The summed E-state index contributed by atoms with van der Waals surface area (Å²) in [5.41, 5.74) is 0.538. The number of carbonyl (C=O) groups is 1. The number of hydrogen-bond acceptors (Lipinski definition) is 6. The topological polar surface area (TPSA) is 88.9 Å². The number of sulfonamides is 1. The van der Waals surface area contributed by atoms with Gasteiger partial charge in [0.25, 0.3) is 15.9 Å². The Morgan fingerprint density at radius 3 is 2.56 bits per heavy atom. The second-order valence-electron chi connectivity index (χ2n) is 6.94. The monoisotopic (exact) mass is 470 g/mol. The number of hydrogen-bond donors (Lipinski definition) is 1. The molecule has 0 bridgehead atoms. The van der Waals surface area contributed by atoms with Gasteiger partial charge in [-0.3, -0.25) is 9.10 Å². The van der Waals surface area contributed by atoms with E-state index in [-0.39, 0.29) is 17.3 Å². The lowest BCUT2D eigenvalue weighted by Gasteiger charge is -2.23. The van der Waals surface area contributed by atoms with E-state index in [4.69, 9.17) is 9.15 Å². The molecule has 4 aromatic rings. The van der Waals surface area contributed by atoms with Crippen molar-refractivity contribution in [2.24, 2.45) is 0 Å². The van der Waals surface area contributed by atoms with E-state index in [0.29, 0.717) is 28.6 Å². The summed E-state index contributed by atoms with van der Waals surface area (Å²) in [6.07, 6.45) is 1.56. The molecule has 9 heteroatoms. The molecule has 0 saturated heterocycles. The number of fused-ring (bicyclic) bond motifs is 1. The molecule has 0 fully saturated rings. The maximum Gasteiger partial charge on any atom is 0.264 e. The highest BCUT2D eigenvalue weighted by Crippen LogP contribution is 2.32. The van der Waals surface area contributed by atoms with E-state index < -0.39 is 10.0 Å². The van der Waals surface area contributed by atoms with E-state index in [9.17, 15) is 13.2 Å². The van der Waals surface area contributed by atoms with Crippen LogP contribution in [0.5, 0.6) is 5.75 Å². The molecule has 0 radical (unpaired) electrons. The second-order valence-corrected chi connectivity index (χ2v) is 9.89. The lowest BCUT2D eigenvalue weighted by Crippen LogP contribution is -2.30.